The zero-order chi connectivity index (χ0) is 16.2. The van der Waals surface area contributed by atoms with Crippen molar-refractivity contribution in [2.45, 2.75) is 63.5 Å². The van der Waals surface area contributed by atoms with Crippen LogP contribution in [0.1, 0.15) is 50.7 Å². The maximum Gasteiger partial charge on any atom is 0.196 e. The molecule has 0 amide bonds. The lowest BCUT2D eigenvalue weighted by Crippen LogP contribution is -2.58. The first-order valence-corrected chi connectivity index (χ1v) is 11.2. The third kappa shape index (κ3) is 2.15. The number of hydrogen-bond acceptors (Lipinski definition) is 3. The summed E-state index contributed by atoms with van der Waals surface area (Å²) in [5.74, 6) is 0.665. The summed E-state index contributed by atoms with van der Waals surface area (Å²) in [7, 11) is -0.212. The molecule has 0 radical (unpaired) electrons. The van der Waals surface area contributed by atoms with E-state index in [0.29, 0.717) is 5.92 Å². The minimum Gasteiger partial charge on any atom is -0.496 e. The Morgan fingerprint density at radius 3 is 2.64 bits per heavy atom. The predicted molar refractivity (Wildman–Crippen MR) is 90.9 cm³/mol. The Hall–Kier alpha value is -0.843. The van der Waals surface area contributed by atoms with E-state index in [1.54, 1.807) is 7.11 Å². The molecule has 4 heteroatoms. The highest BCUT2D eigenvalue weighted by Gasteiger charge is 2.60. The van der Waals surface area contributed by atoms with Crippen LogP contribution in [0, 0.1) is 0 Å². The van der Waals surface area contributed by atoms with Crippen LogP contribution in [0.3, 0.4) is 0 Å². The van der Waals surface area contributed by atoms with E-state index in [9.17, 15) is 0 Å². The van der Waals surface area contributed by atoms with Crippen molar-refractivity contribution in [2.75, 3.05) is 13.7 Å². The molecule has 0 spiro atoms. The molecule has 1 saturated heterocycles. The molecule has 3 nitrogen and oxygen atoms in total. The summed E-state index contributed by atoms with van der Waals surface area (Å²) < 4.78 is 18.7. The molecule has 1 fully saturated rings. The first-order valence-electron chi connectivity index (χ1n) is 8.24. The number of methoxy groups -OCH3 is 1. The van der Waals surface area contributed by atoms with Gasteiger partial charge in [0.2, 0.25) is 0 Å². The topological polar surface area (TPSA) is 27.7 Å². The fourth-order valence-electron chi connectivity index (χ4n) is 3.40. The molecule has 0 bridgehead atoms. The first kappa shape index (κ1) is 16.0. The number of ether oxygens (including phenoxy) is 2. The lowest BCUT2D eigenvalue weighted by molar-refractivity contribution is -0.255. The zero-order valence-corrected chi connectivity index (χ0v) is 15.7. The third-order valence-electron chi connectivity index (χ3n) is 5.63. The molecule has 1 aliphatic heterocycles. The summed E-state index contributed by atoms with van der Waals surface area (Å²) in [6.45, 7) is 12.2. The summed E-state index contributed by atoms with van der Waals surface area (Å²) in [5, 5.41) is 0.158. The normalized spacial score (nSPS) is 27.6. The molecule has 0 saturated carbocycles. The molecule has 1 aliphatic carbocycles. The third-order valence-corrected chi connectivity index (χ3v) is 10.1. The molecule has 122 valence electrons. The minimum atomic E-state index is -1.94. The lowest BCUT2D eigenvalue weighted by Gasteiger charge is -2.57. The van der Waals surface area contributed by atoms with Crippen LogP contribution in [0.25, 0.3) is 0 Å². The molecular formula is C18H28O3Si. The van der Waals surface area contributed by atoms with Crippen molar-refractivity contribution in [1.29, 1.82) is 0 Å². The molecule has 2 atom stereocenters. The van der Waals surface area contributed by atoms with Crippen molar-refractivity contribution in [3.8, 4) is 5.75 Å². The predicted octanol–water partition coefficient (Wildman–Crippen LogP) is 4.78. The molecule has 22 heavy (non-hydrogen) atoms. The molecule has 1 aromatic carbocycles. The van der Waals surface area contributed by atoms with Crippen molar-refractivity contribution in [2.24, 2.45) is 0 Å². The van der Waals surface area contributed by atoms with Gasteiger partial charge in [-0.25, -0.2) is 0 Å². The highest BCUT2D eigenvalue weighted by Crippen LogP contribution is 2.62. The van der Waals surface area contributed by atoms with Crippen molar-refractivity contribution < 1.29 is 13.9 Å². The second-order valence-electron chi connectivity index (χ2n) is 8.00. The molecule has 3 rings (SSSR count). The maximum absolute atomic E-state index is 6.84. The van der Waals surface area contributed by atoms with E-state index >= 15 is 0 Å². The van der Waals surface area contributed by atoms with E-state index in [4.69, 9.17) is 13.9 Å². The molecule has 2 unspecified atom stereocenters. The Bertz CT molecular complexity index is 576. The quantitative estimate of drug-likeness (QED) is 0.750. The van der Waals surface area contributed by atoms with Crippen LogP contribution in [-0.4, -0.2) is 22.0 Å². The highest BCUT2D eigenvalue weighted by atomic mass is 28.4. The van der Waals surface area contributed by atoms with Crippen molar-refractivity contribution in [3.63, 3.8) is 0 Å². The van der Waals surface area contributed by atoms with Gasteiger partial charge in [0.05, 0.1) is 19.3 Å². The van der Waals surface area contributed by atoms with Gasteiger partial charge in [-0.2, -0.15) is 0 Å². The first-order chi connectivity index (χ1) is 10.2. The second-order valence-corrected chi connectivity index (χ2v) is 12.7. The van der Waals surface area contributed by atoms with Crippen LogP contribution in [0.2, 0.25) is 18.1 Å². The Kier molecular flexibility index (Phi) is 3.70. The van der Waals surface area contributed by atoms with E-state index in [-0.39, 0.29) is 5.04 Å². The smallest absolute Gasteiger partial charge is 0.196 e. The second kappa shape index (κ2) is 5.08. The van der Waals surface area contributed by atoms with E-state index in [1.807, 2.05) is 6.07 Å². The monoisotopic (exact) mass is 320 g/mol. The Morgan fingerprint density at radius 2 is 2.00 bits per heavy atom. The van der Waals surface area contributed by atoms with Crippen molar-refractivity contribution in [1.82, 2.24) is 0 Å². The summed E-state index contributed by atoms with van der Waals surface area (Å²) in [6.07, 6.45) is 2.23. The van der Waals surface area contributed by atoms with Gasteiger partial charge in [-0.15, -0.1) is 0 Å². The van der Waals surface area contributed by atoms with Gasteiger partial charge >= 0.3 is 0 Å². The van der Waals surface area contributed by atoms with Crippen LogP contribution in [-0.2, 0) is 14.9 Å². The van der Waals surface area contributed by atoms with Gasteiger partial charge in [0.15, 0.2) is 14.1 Å². The number of benzene rings is 1. The van der Waals surface area contributed by atoms with Crippen molar-refractivity contribution in [3.05, 3.63) is 29.3 Å². The van der Waals surface area contributed by atoms with Crippen molar-refractivity contribution >= 4 is 8.32 Å². The van der Waals surface area contributed by atoms with Crippen LogP contribution < -0.4 is 4.74 Å². The molecule has 0 N–H and O–H groups in total. The summed E-state index contributed by atoms with van der Waals surface area (Å²) in [6, 6.07) is 6.29. The van der Waals surface area contributed by atoms with Gasteiger partial charge in [0, 0.05) is 5.92 Å². The lowest BCUT2D eigenvalue weighted by atomic mass is 9.68. The van der Waals surface area contributed by atoms with Gasteiger partial charge in [0.25, 0.3) is 0 Å². The van der Waals surface area contributed by atoms with Gasteiger partial charge in [0.1, 0.15) is 5.75 Å². The molecule has 0 aromatic heterocycles. The summed E-state index contributed by atoms with van der Waals surface area (Å²) in [5.41, 5.74) is 2.48. The van der Waals surface area contributed by atoms with Gasteiger partial charge in [-0.1, -0.05) is 32.9 Å². The highest BCUT2D eigenvalue weighted by molar-refractivity contribution is 6.74. The fraction of sp³-hybridized carbons (Fsp3) is 0.667. The Labute approximate surface area is 135 Å². The van der Waals surface area contributed by atoms with E-state index in [1.165, 1.54) is 5.56 Å². The molecular weight excluding hydrogens is 292 g/mol. The van der Waals surface area contributed by atoms with Crippen LogP contribution in [0.4, 0.5) is 0 Å². The van der Waals surface area contributed by atoms with E-state index in [2.05, 4.69) is 46.0 Å². The number of rotatable bonds is 3. The fourth-order valence-corrected chi connectivity index (χ4v) is 4.76. The zero-order valence-electron chi connectivity index (χ0n) is 14.7. The molecule has 2 aliphatic rings. The number of fused-ring (bicyclic) bond motifs is 4. The van der Waals surface area contributed by atoms with E-state index in [0.717, 1.165) is 30.8 Å². The number of hydrogen-bond donors (Lipinski definition) is 0. The average molecular weight is 321 g/mol. The maximum atomic E-state index is 6.84. The largest absolute Gasteiger partial charge is 0.496 e. The SMILES string of the molecule is COc1cccc2c1C1(O[Si](C)(C)C(C)(C)C)OCCCC21. The van der Waals surface area contributed by atoms with Crippen LogP contribution in [0.15, 0.2) is 18.2 Å². The Morgan fingerprint density at radius 1 is 1.27 bits per heavy atom. The average Bonchev–Trinajstić information content (AvgIpc) is 2.43. The molecule has 1 heterocycles. The standard InChI is InChI=1S/C18H28O3Si/c1-17(2,3)22(5,6)21-18-14(10-8-12-20-18)13-9-7-11-15(19-4)16(13)18/h7,9,11,14H,8,10,12H2,1-6H3. The van der Waals surface area contributed by atoms with Gasteiger partial charge in [-0.05, 0) is 42.6 Å². The van der Waals surface area contributed by atoms with Gasteiger partial charge < -0.3 is 13.9 Å². The van der Waals surface area contributed by atoms with E-state index < -0.39 is 14.1 Å². The van der Waals surface area contributed by atoms with Crippen LogP contribution in [0.5, 0.6) is 5.75 Å². The van der Waals surface area contributed by atoms with Crippen LogP contribution >= 0.6 is 0 Å². The minimum absolute atomic E-state index is 0.158. The Balaban J connectivity index is 2.06. The molecule has 1 aromatic rings. The summed E-state index contributed by atoms with van der Waals surface area (Å²) in [4.78, 5) is 0. The van der Waals surface area contributed by atoms with Gasteiger partial charge in [-0.3, -0.25) is 0 Å². The summed E-state index contributed by atoms with van der Waals surface area (Å²) >= 11 is 0.